The highest BCUT2D eigenvalue weighted by Crippen LogP contribution is 2.26. The molecule has 26 heavy (non-hydrogen) atoms. The molecule has 0 amide bonds. The molecule has 1 atom stereocenters. The highest BCUT2D eigenvalue weighted by atomic mass is 19.1. The van der Waals surface area contributed by atoms with Crippen LogP contribution in [0.25, 0.3) is 22.6 Å². The van der Waals surface area contributed by atoms with Gasteiger partial charge in [0.15, 0.2) is 17.1 Å². The highest BCUT2D eigenvalue weighted by Gasteiger charge is 2.21. The van der Waals surface area contributed by atoms with Crippen LogP contribution in [0.5, 0.6) is 0 Å². The summed E-state index contributed by atoms with van der Waals surface area (Å²) in [5.74, 6) is 0.0180. The molecule has 0 spiro atoms. The summed E-state index contributed by atoms with van der Waals surface area (Å²) in [7, 11) is 0. The quantitative estimate of drug-likeness (QED) is 0.604. The number of fused-ring (bicyclic) bond motifs is 2. The van der Waals surface area contributed by atoms with Crippen molar-refractivity contribution in [3.8, 4) is 11.3 Å². The molecular weight excluding hydrogens is 331 g/mol. The van der Waals surface area contributed by atoms with E-state index in [1.165, 1.54) is 6.07 Å². The van der Waals surface area contributed by atoms with Crippen molar-refractivity contribution in [2.24, 2.45) is 0 Å². The van der Waals surface area contributed by atoms with Crippen LogP contribution >= 0.6 is 0 Å². The van der Waals surface area contributed by atoms with Gasteiger partial charge < -0.3 is 9.72 Å². The molecule has 5 rings (SSSR count). The first-order valence-electron chi connectivity index (χ1n) is 8.81. The average Bonchev–Trinajstić information content (AvgIpc) is 3.32. The van der Waals surface area contributed by atoms with E-state index in [1.54, 1.807) is 8.92 Å². The maximum absolute atomic E-state index is 14.7. The van der Waals surface area contributed by atoms with Gasteiger partial charge in [0.25, 0.3) is 0 Å². The van der Waals surface area contributed by atoms with Crippen molar-refractivity contribution < 1.29 is 4.39 Å². The molecular formula is C19H19FN6. The molecule has 0 aliphatic carbocycles. The second-order valence-corrected chi connectivity index (χ2v) is 7.03. The summed E-state index contributed by atoms with van der Waals surface area (Å²) in [5.41, 5.74) is 5.48. The van der Waals surface area contributed by atoms with Crippen LogP contribution in [-0.4, -0.2) is 37.1 Å². The van der Waals surface area contributed by atoms with Crippen LogP contribution in [-0.2, 0) is 0 Å². The number of rotatable bonds is 2. The van der Waals surface area contributed by atoms with E-state index in [-0.39, 0.29) is 5.82 Å². The topological polar surface area (TPSA) is 59.5 Å². The lowest BCUT2D eigenvalue weighted by molar-refractivity contribution is 0.629. The predicted octanol–water partition coefficient (Wildman–Crippen LogP) is 2.88. The van der Waals surface area contributed by atoms with Crippen LogP contribution in [0.1, 0.15) is 29.3 Å². The van der Waals surface area contributed by atoms with Crippen LogP contribution in [0.4, 0.5) is 4.39 Å². The van der Waals surface area contributed by atoms with Crippen molar-refractivity contribution >= 4 is 11.3 Å². The molecule has 5 heterocycles. The summed E-state index contributed by atoms with van der Waals surface area (Å²) in [4.78, 5) is 8.98. The number of pyridine rings is 1. The minimum atomic E-state index is -0.332. The zero-order valence-corrected chi connectivity index (χ0v) is 14.7. The molecule has 1 fully saturated rings. The molecule has 1 aliphatic rings. The number of halogens is 1. The summed E-state index contributed by atoms with van der Waals surface area (Å²) < 4.78 is 18.2. The number of imidazole rings is 2. The van der Waals surface area contributed by atoms with E-state index < -0.39 is 0 Å². The average molecular weight is 350 g/mol. The first-order valence-corrected chi connectivity index (χ1v) is 8.81. The van der Waals surface area contributed by atoms with Crippen molar-refractivity contribution in [3.63, 3.8) is 0 Å². The predicted molar refractivity (Wildman–Crippen MR) is 96.8 cm³/mol. The Labute approximate surface area is 149 Å². The third-order valence-corrected chi connectivity index (χ3v) is 5.03. The molecule has 0 saturated carbocycles. The van der Waals surface area contributed by atoms with Crippen LogP contribution in [0.15, 0.2) is 30.7 Å². The highest BCUT2D eigenvalue weighted by molar-refractivity contribution is 5.64. The fourth-order valence-electron chi connectivity index (χ4n) is 3.71. The van der Waals surface area contributed by atoms with E-state index in [2.05, 4.69) is 20.4 Å². The molecule has 1 N–H and O–H groups in total. The summed E-state index contributed by atoms with van der Waals surface area (Å²) in [5, 5.41) is 7.93. The van der Waals surface area contributed by atoms with Gasteiger partial charge in [0.2, 0.25) is 0 Å². The molecule has 0 radical (unpaired) electrons. The monoisotopic (exact) mass is 350 g/mol. The second kappa shape index (κ2) is 5.60. The van der Waals surface area contributed by atoms with Crippen molar-refractivity contribution in [2.75, 3.05) is 13.1 Å². The first kappa shape index (κ1) is 15.5. The molecule has 6 nitrogen and oxygen atoms in total. The van der Waals surface area contributed by atoms with Gasteiger partial charge in [0, 0.05) is 30.4 Å². The Kier molecular flexibility index (Phi) is 3.33. The minimum absolute atomic E-state index is 0.332. The fourth-order valence-corrected chi connectivity index (χ4v) is 3.71. The molecule has 7 heteroatoms. The third-order valence-electron chi connectivity index (χ3n) is 5.03. The van der Waals surface area contributed by atoms with Crippen LogP contribution < -0.4 is 5.32 Å². The van der Waals surface area contributed by atoms with Gasteiger partial charge in [-0.1, -0.05) is 0 Å². The zero-order valence-electron chi connectivity index (χ0n) is 14.7. The lowest BCUT2D eigenvalue weighted by Gasteiger charge is -2.06. The number of hydrogen-bond acceptors (Lipinski definition) is 4. The van der Waals surface area contributed by atoms with E-state index in [0.717, 1.165) is 47.7 Å². The van der Waals surface area contributed by atoms with E-state index in [9.17, 15) is 4.39 Å². The normalized spacial score (nSPS) is 17.6. The molecule has 132 valence electrons. The second-order valence-electron chi connectivity index (χ2n) is 7.03. The molecule has 1 aliphatic heterocycles. The van der Waals surface area contributed by atoms with Gasteiger partial charge in [0.1, 0.15) is 0 Å². The van der Waals surface area contributed by atoms with Gasteiger partial charge in [-0.05, 0) is 44.5 Å². The van der Waals surface area contributed by atoms with Gasteiger partial charge in [-0.3, -0.25) is 0 Å². The largest absolute Gasteiger partial charge is 0.316 e. The number of aryl methyl sites for hydroxylation is 2. The Bertz CT molecular complexity index is 1140. The SMILES string of the molecule is Cc1cn2nc(-c3cc(F)c4nc([C@H]5CCNC5)cn4c3)cc(C)c2n1. The Balaban J connectivity index is 1.64. The molecule has 0 aromatic carbocycles. The van der Waals surface area contributed by atoms with E-state index in [4.69, 9.17) is 0 Å². The van der Waals surface area contributed by atoms with Crippen LogP contribution in [0.3, 0.4) is 0 Å². The van der Waals surface area contributed by atoms with Gasteiger partial charge in [-0.2, -0.15) is 5.10 Å². The van der Waals surface area contributed by atoms with Gasteiger partial charge in [-0.15, -0.1) is 0 Å². The third kappa shape index (κ3) is 2.39. The van der Waals surface area contributed by atoms with Gasteiger partial charge >= 0.3 is 0 Å². The van der Waals surface area contributed by atoms with E-state index in [1.807, 2.05) is 38.5 Å². The lowest BCUT2D eigenvalue weighted by Crippen LogP contribution is -2.08. The summed E-state index contributed by atoms with van der Waals surface area (Å²) in [6.07, 6.45) is 6.75. The maximum Gasteiger partial charge on any atom is 0.173 e. The minimum Gasteiger partial charge on any atom is -0.316 e. The summed E-state index contributed by atoms with van der Waals surface area (Å²) >= 11 is 0. The Morgan fingerprint density at radius 3 is 2.81 bits per heavy atom. The smallest absolute Gasteiger partial charge is 0.173 e. The van der Waals surface area contributed by atoms with Crippen molar-refractivity contribution in [1.29, 1.82) is 0 Å². The lowest BCUT2D eigenvalue weighted by atomic mass is 10.1. The Hall–Kier alpha value is -2.80. The molecule has 0 bridgehead atoms. The van der Waals surface area contributed by atoms with Crippen molar-refractivity contribution in [1.82, 2.24) is 29.3 Å². The first-order chi connectivity index (χ1) is 12.6. The van der Waals surface area contributed by atoms with Gasteiger partial charge in [-0.25, -0.2) is 18.9 Å². The molecule has 1 saturated heterocycles. The Morgan fingerprint density at radius 2 is 2.00 bits per heavy atom. The summed E-state index contributed by atoms with van der Waals surface area (Å²) in [6.45, 7) is 5.81. The number of nitrogens with one attached hydrogen (secondary N) is 1. The standard InChI is InChI=1S/C19H19FN6/c1-11-5-16(24-26-8-12(2)22-18(11)26)14-6-15(20)19-23-17(10-25(19)9-14)13-3-4-21-7-13/h5-6,8-10,13,21H,3-4,7H2,1-2H3/t13-/m0/s1. The number of aromatic nitrogens is 5. The fraction of sp³-hybridized carbons (Fsp3) is 0.316. The molecule has 0 unspecified atom stereocenters. The summed E-state index contributed by atoms with van der Waals surface area (Å²) in [6, 6.07) is 3.46. The van der Waals surface area contributed by atoms with Crippen molar-refractivity contribution in [3.05, 3.63) is 53.5 Å². The maximum atomic E-state index is 14.7. The van der Waals surface area contributed by atoms with Crippen LogP contribution in [0, 0.1) is 19.7 Å². The zero-order chi connectivity index (χ0) is 17.8. The van der Waals surface area contributed by atoms with Crippen molar-refractivity contribution in [2.45, 2.75) is 26.2 Å². The molecule has 4 aromatic rings. The van der Waals surface area contributed by atoms with E-state index in [0.29, 0.717) is 17.3 Å². The number of nitrogens with zero attached hydrogens (tertiary/aromatic N) is 5. The van der Waals surface area contributed by atoms with Crippen LogP contribution in [0.2, 0.25) is 0 Å². The van der Waals surface area contributed by atoms with Gasteiger partial charge in [0.05, 0.1) is 23.3 Å². The van der Waals surface area contributed by atoms with E-state index >= 15 is 0 Å². The Morgan fingerprint density at radius 1 is 1.12 bits per heavy atom. The number of hydrogen-bond donors (Lipinski definition) is 1. The molecule has 4 aromatic heterocycles.